The highest BCUT2D eigenvalue weighted by atomic mass is 15.1. The molecule has 16 heavy (non-hydrogen) atoms. The molecular weight excluding hydrogens is 198 g/mol. The Labute approximate surface area is 98.7 Å². The van der Waals surface area contributed by atoms with E-state index >= 15 is 0 Å². The van der Waals surface area contributed by atoms with Crippen molar-refractivity contribution in [3.63, 3.8) is 0 Å². The molecule has 2 atom stereocenters. The number of likely N-dealkylation sites (N-methyl/N-ethyl adjacent to an activating group) is 1. The average molecular weight is 221 g/mol. The smallest absolute Gasteiger partial charge is 0.0416 e. The van der Waals surface area contributed by atoms with Crippen molar-refractivity contribution in [2.24, 2.45) is 11.7 Å². The summed E-state index contributed by atoms with van der Waals surface area (Å²) >= 11 is 0. The zero-order valence-corrected chi connectivity index (χ0v) is 10.6. The maximum Gasteiger partial charge on any atom is 0.0416 e. The van der Waals surface area contributed by atoms with Crippen molar-refractivity contribution in [2.45, 2.75) is 26.3 Å². The van der Waals surface area contributed by atoms with E-state index in [1.807, 2.05) is 18.3 Å². The molecule has 2 unspecified atom stereocenters. The van der Waals surface area contributed by atoms with Crippen molar-refractivity contribution in [2.75, 3.05) is 20.1 Å². The van der Waals surface area contributed by atoms with E-state index in [1.165, 1.54) is 0 Å². The van der Waals surface area contributed by atoms with Crippen LogP contribution in [0.25, 0.3) is 0 Å². The molecule has 0 aliphatic heterocycles. The fourth-order valence-corrected chi connectivity index (χ4v) is 1.67. The Morgan fingerprint density at radius 1 is 1.38 bits per heavy atom. The molecule has 1 rings (SSSR count). The van der Waals surface area contributed by atoms with E-state index in [9.17, 15) is 0 Å². The Kier molecular flexibility index (Phi) is 5.43. The fraction of sp³-hybridized carbons (Fsp3) is 0.615. The predicted octanol–water partition coefficient (Wildman–Crippen LogP) is 1.54. The van der Waals surface area contributed by atoms with Crippen LogP contribution in [-0.2, 0) is 6.42 Å². The average Bonchev–Trinajstić information content (AvgIpc) is 2.35. The van der Waals surface area contributed by atoms with Gasteiger partial charge in [-0.05, 0) is 38.6 Å². The summed E-state index contributed by atoms with van der Waals surface area (Å²) in [6, 6.07) is 6.58. The molecule has 1 aromatic heterocycles. The van der Waals surface area contributed by atoms with Gasteiger partial charge in [0.25, 0.3) is 0 Å². The van der Waals surface area contributed by atoms with Gasteiger partial charge in [-0.15, -0.1) is 0 Å². The standard InChI is InChI=1S/C13H23N3/c1-11(10-14)12(2)16(3)9-7-13-6-4-5-8-15-13/h4-6,8,11-12H,7,9-10,14H2,1-3H3. The molecule has 0 amide bonds. The minimum Gasteiger partial charge on any atom is -0.330 e. The summed E-state index contributed by atoms with van der Waals surface area (Å²) in [6.07, 6.45) is 2.85. The Morgan fingerprint density at radius 2 is 2.12 bits per heavy atom. The van der Waals surface area contributed by atoms with E-state index in [1.54, 1.807) is 0 Å². The zero-order valence-electron chi connectivity index (χ0n) is 10.6. The van der Waals surface area contributed by atoms with Crippen LogP contribution in [0.2, 0.25) is 0 Å². The van der Waals surface area contributed by atoms with Gasteiger partial charge in [-0.25, -0.2) is 0 Å². The second-order valence-electron chi connectivity index (χ2n) is 4.51. The highest BCUT2D eigenvalue weighted by Crippen LogP contribution is 2.08. The third-order valence-electron chi connectivity index (χ3n) is 3.34. The number of nitrogens with two attached hydrogens (primary N) is 1. The fourth-order valence-electron chi connectivity index (χ4n) is 1.67. The minimum atomic E-state index is 0.522. The first-order valence-corrected chi connectivity index (χ1v) is 5.95. The first-order chi connectivity index (χ1) is 7.65. The van der Waals surface area contributed by atoms with Gasteiger partial charge in [0.1, 0.15) is 0 Å². The first kappa shape index (κ1) is 13.1. The van der Waals surface area contributed by atoms with Gasteiger partial charge < -0.3 is 10.6 Å². The third kappa shape index (κ3) is 3.91. The van der Waals surface area contributed by atoms with Gasteiger partial charge in [0.15, 0.2) is 0 Å². The molecule has 0 bridgehead atoms. The largest absolute Gasteiger partial charge is 0.330 e. The quantitative estimate of drug-likeness (QED) is 0.792. The lowest BCUT2D eigenvalue weighted by Gasteiger charge is -2.29. The van der Waals surface area contributed by atoms with Crippen LogP contribution >= 0.6 is 0 Å². The van der Waals surface area contributed by atoms with Crippen LogP contribution in [0.3, 0.4) is 0 Å². The molecule has 90 valence electrons. The molecule has 0 spiro atoms. The van der Waals surface area contributed by atoms with Crippen LogP contribution in [0.1, 0.15) is 19.5 Å². The van der Waals surface area contributed by atoms with Crippen molar-refractivity contribution >= 4 is 0 Å². The molecule has 1 heterocycles. The van der Waals surface area contributed by atoms with E-state index in [4.69, 9.17) is 5.73 Å². The Morgan fingerprint density at radius 3 is 2.69 bits per heavy atom. The van der Waals surface area contributed by atoms with Gasteiger partial charge >= 0.3 is 0 Å². The van der Waals surface area contributed by atoms with Crippen LogP contribution in [0.5, 0.6) is 0 Å². The predicted molar refractivity (Wildman–Crippen MR) is 68.3 cm³/mol. The van der Waals surface area contributed by atoms with E-state index in [0.717, 1.165) is 25.2 Å². The maximum atomic E-state index is 5.68. The van der Waals surface area contributed by atoms with E-state index in [2.05, 4.69) is 36.8 Å². The van der Waals surface area contributed by atoms with Gasteiger partial charge in [0.2, 0.25) is 0 Å². The summed E-state index contributed by atoms with van der Waals surface area (Å²) in [4.78, 5) is 6.68. The molecule has 0 aliphatic carbocycles. The molecule has 0 fully saturated rings. The highest BCUT2D eigenvalue weighted by molar-refractivity contribution is 5.03. The van der Waals surface area contributed by atoms with Crippen molar-refractivity contribution in [3.05, 3.63) is 30.1 Å². The van der Waals surface area contributed by atoms with Gasteiger partial charge in [-0.3, -0.25) is 4.98 Å². The Balaban J connectivity index is 2.38. The molecule has 0 radical (unpaired) electrons. The monoisotopic (exact) mass is 221 g/mol. The number of rotatable bonds is 6. The number of nitrogens with zero attached hydrogens (tertiary/aromatic N) is 2. The van der Waals surface area contributed by atoms with Crippen LogP contribution < -0.4 is 5.73 Å². The molecule has 3 heteroatoms. The molecule has 0 aromatic carbocycles. The van der Waals surface area contributed by atoms with Crippen molar-refractivity contribution in [1.82, 2.24) is 9.88 Å². The summed E-state index contributed by atoms with van der Waals surface area (Å²) in [5, 5.41) is 0. The summed E-state index contributed by atoms with van der Waals surface area (Å²) in [7, 11) is 2.15. The summed E-state index contributed by atoms with van der Waals surface area (Å²) in [5.41, 5.74) is 6.83. The zero-order chi connectivity index (χ0) is 12.0. The molecule has 3 nitrogen and oxygen atoms in total. The van der Waals surface area contributed by atoms with Crippen LogP contribution in [-0.4, -0.2) is 36.1 Å². The molecular formula is C13H23N3. The molecule has 2 N–H and O–H groups in total. The topological polar surface area (TPSA) is 42.1 Å². The second kappa shape index (κ2) is 6.61. The van der Waals surface area contributed by atoms with Crippen molar-refractivity contribution in [3.8, 4) is 0 Å². The number of aromatic nitrogens is 1. The Bertz CT molecular complexity index is 286. The first-order valence-electron chi connectivity index (χ1n) is 5.95. The van der Waals surface area contributed by atoms with Crippen LogP contribution in [0, 0.1) is 5.92 Å². The number of hydrogen-bond donors (Lipinski definition) is 1. The van der Waals surface area contributed by atoms with Crippen molar-refractivity contribution < 1.29 is 0 Å². The van der Waals surface area contributed by atoms with Gasteiger partial charge in [-0.2, -0.15) is 0 Å². The molecule has 1 aromatic rings. The molecule has 0 saturated carbocycles. The molecule has 0 aliphatic rings. The normalized spacial score (nSPS) is 15.1. The summed E-state index contributed by atoms with van der Waals surface area (Å²) in [6.45, 7) is 6.20. The van der Waals surface area contributed by atoms with Gasteiger partial charge in [0.05, 0.1) is 0 Å². The summed E-state index contributed by atoms with van der Waals surface area (Å²) in [5.74, 6) is 0.536. The lowest BCUT2D eigenvalue weighted by atomic mass is 10.0. The van der Waals surface area contributed by atoms with Crippen molar-refractivity contribution in [1.29, 1.82) is 0 Å². The lowest BCUT2D eigenvalue weighted by molar-refractivity contribution is 0.204. The van der Waals surface area contributed by atoms with Gasteiger partial charge in [0, 0.05) is 30.9 Å². The van der Waals surface area contributed by atoms with E-state index in [0.29, 0.717) is 12.0 Å². The maximum absolute atomic E-state index is 5.68. The second-order valence-corrected chi connectivity index (χ2v) is 4.51. The van der Waals surface area contributed by atoms with Crippen LogP contribution in [0.15, 0.2) is 24.4 Å². The lowest BCUT2D eigenvalue weighted by Crippen LogP contribution is -2.38. The van der Waals surface area contributed by atoms with Gasteiger partial charge in [-0.1, -0.05) is 13.0 Å². The van der Waals surface area contributed by atoms with Crippen LogP contribution in [0.4, 0.5) is 0 Å². The SMILES string of the molecule is CC(CN)C(C)N(C)CCc1ccccn1. The molecule has 0 saturated heterocycles. The Hall–Kier alpha value is -0.930. The third-order valence-corrected chi connectivity index (χ3v) is 3.34. The minimum absolute atomic E-state index is 0.522. The number of hydrogen-bond acceptors (Lipinski definition) is 3. The van der Waals surface area contributed by atoms with E-state index in [-0.39, 0.29) is 0 Å². The highest BCUT2D eigenvalue weighted by Gasteiger charge is 2.15. The summed E-state index contributed by atoms with van der Waals surface area (Å²) < 4.78 is 0. The van der Waals surface area contributed by atoms with E-state index < -0.39 is 0 Å². The number of pyridine rings is 1.